The van der Waals surface area contributed by atoms with E-state index in [0.29, 0.717) is 5.56 Å². The van der Waals surface area contributed by atoms with E-state index in [0.717, 1.165) is 16.6 Å². The van der Waals surface area contributed by atoms with Crippen LogP contribution in [-0.4, -0.2) is 40.5 Å². The summed E-state index contributed by atoms with van der Waals surface area (Å²) in [6, 6.07) is 9.00. The summed E-state index contributed by atoms with van der Waals surface area (Å²) in [6.07, 6.45) is 0. The van der Waals surface area contributed by atoms with Crippen molar-refractivity contribution in [1.29, 1.82) is 0 Å². The number of carbonyl (C=O) groups is 2. The van der Waals surface area contributed by atoms with Crippen molar-refractivity contribution in [1.82, 2.24) is 9.88 Å². The molecule has 0 saturated carbocycles. The van der Waals surface area contributed by atoms with Gasteiger partial charge in [-0.25, -0.2) is 0 Å². The summed E-state index contributed by atoms with van der Waals surface area (Å²) in [5, 5.41) is 9.47. The van der Waals surface area contributed by atoms with Crippen LogP contribution in [0.4, 0.5) is 0 Å². The fourth-order valence-corrected chi connectivity index (χ4v) is 1.97. The second kappa shape index (κ2) is 5.06. The summed E-state index contributed by atoms with van der Waals surface area (Å²) in [4.78, 5) is 28.5. The smallest absolute Gasteiger partial charge is 0.323 e. The van der Waals surface area contributed by atoms with Crippen molar-refractivity contribution in [3.8, 4) is 0 Å². The summed E-state index contributed by atoms with van der Waals surface area (Å²) in [6.45, 7) is 1.48. The minimum atomic E-state index is -1.04. The number of hydrogen-bond acceptors (Lipinski definition) is 3. The number of likely N-dealkylation sites (N-methyl/N-ethyl adjacent to an activating group) is 1. The first-order chi connectivity index (χ1) is 8.99. The Labute approximate surface area is 110 Å². The number of amides is 1. The SMILES string of the molecule is Cc1cc(C(=O)N(C)CC(=O)O)c2ccccc2n1. The van der Waals surface area contributed by atoms with Crippen LogP contribution in [0.25, 0.3) is 10.9 Å². The van der Waals surface area contributed by atoms with Gasteiger partial charge in [-0.3, -0.25) is 14.6 Å². The molecule has 2 aromatic rings. The number of hydrogen-bond donors (Lipinski definition) is 1. The first kappa shape index (κ1) is 13.0. The summed E-state index contributed by atoms with van der Waals surface area (Å²) < 4.78 is 0. The van der Waals surface area contributed by atoms with Crippen LogP contribution >= 0.6 is 0 Å². The lowest BCUT2D eigenvalue weighted by Gasteiger charge is -2.16. The topological polar surface area (TPSA) is 70.5 Å². The highest BCUT2D eigenvalue weighted by Gasteiger charge is 2.17. The number of carbonyl (C=O) groups excluding carboxylic acids is 1. The molecule has 0 aliphatic heterocycles. The highest BCUT2D eigenvalue weighted by atomic mass is 16.4. The predicted octanol–water partition coefficient (Wildman–Crippen LogP) is 1.70. The largest absolute Gasteiger partial charge is 0.480 e. The van der Waals surface area contributed by atoms with Gasteiger partial charge in [0.15, 0.2) is 0 Å². The third-order valence-corrected chi connectivity index (χ3v) is 2.79. The van der Waals surface area contributed by atoms with E-state index in [1.54, 1.807) is 13.0 Å². The second-order valence-corrected chi connectivity index (χ2v) is 4.38. The van der Waals surface area contributed by atoms with Crippen LogP contribution in [0.3, 0.4) is 0 Å². The fraction of sp³-hybridized carbons (Fsp3) is 0.214. The number of carboxylic acid groups (broad SMARTS) is 1. The van der Waals surface area contributed by atoms with Gasteiger partial charge in [0.05, 0.1) is 11.1 Å². The quantitative estimate of drug-likeness (QED) is 0.909. The number of fused-ring (bicyclic) bond motifs is 1. The number of benzene rings is 1. The molecule has 0 saturated heterocycles. The zero-order valence-electron chi connectivity index (χ0n) is 10.8. The van der Waals surface area contributed by atoms with Crippen LogP contribution in [0.5, 0.6) is 0 Å². The van der Waals surface area contributed by atoms with Gasteiger partial charge in [0.2, 0.25) is 0 Å². The Morgan fingerprint density at radius 3 is 2.68 bits per heavy atom. The molecule has 0 aliphatic rings. The van der Waals surface area contributed by atoms with E-state index in [1.807, 2.05) is 24.3 Å². The van der Waals surface area contributed by atoms with Gasteiger partial charge in [-0.15, -0.1) is 0 Å². The number of para-hydroxylation sites is 1. The zero-order chi connectivity index (χ0) is 14.0. The third kappa shape index (κ3) is 2.70. The maximum Gasteiger partial charge on any atom is 0.323 e. The molecule has 0 unspecified atom stereocenters. The van der Waals surface area contributed by atoms with Crippen LogP contribution in [0.2, 0.25) is 0 Å². The third-order valence-electron chi connectivity index (χ3n) is 2.79. The van der Waals surface area contributed by atoms with Crippen molar-refractivity contribution in [3.63, 3.8) is 0 Å². The first-order valence-corrected chi connectivity index (χ1v) is 5.82. The van der Waals surface area contributed by atoms with E-state index in [2.05, 4.69) is 4.98 Å². The van der Waals surface area contributed by atoms with Crippen LogP contribution in [-0.2, 0) is 4.79 Å². The van der Waals surface area contributed by atoms with Crippen LogP contribution in [0.1, 0.15) is 16.1 Å². The van der Waals surface area contributed by atoms with E-state index in [-0.39, 0.29) is 12.5 Å². The molecular weight excluding hydrogens is 244 g/mol. The number of carboxylic acids is 1. The molecule has 19 heavy (non-hydrogen) atoms. The average Bonchev–Trinajstić information content (AvgIpc) is 2.36. The van der Waals surface area contributed by atoms with Crippen molar-refractivity contribution in [2.24, 2.45) is 0 Å². The monoisotopic (exact) mass is 258 g/mol. The number of aryl methyl sites for hydroxylation is 1. The molecule has 0 aliphatic carbocycles. The van der Waals surface area contributed by atoms with E-state index in [4.69, 9.17) is 5.11 Å². The van der Waals surface area contributed by atoms with Crippen molar-refractivity contribution >= 4 is 22.8 Å². The van der Waals surface area contributed by atoms with Gasteiger partial charge in [0, 0.05) is 18.1 Å². The molecule has 1 N–H and O–H groups in total. The van der Waals surface area contributed by atoms with Crippen molar-refractivity contribution in [2.75, 3.05) is 13.6 Å². The molecule has 0 fully saturated rings. The number of aromatic nitrogens is 1. The van der Waals surface area contributed by atoms with Gasteiger partial charge in [0.1, 0.15) is 6.54 Å². The lowest BCUT2D eigenvalue weighted by molar-refractivity contribution is -0.137. The summed E-state index contributed by atoms with van der Waals surface area (Å²) in [5.74, 6) is -1.35. The number of aliphatic carboxylic acids is 1. The Bertz CT molecular complexity index is 652. The second-order valence-electron chi connectivity index (χ2n) is 4.38. The molecule has 1 aromatic carbocycles. The molecule has 1 amide bonds. The van der Waals surface area contributed by atoms with Gasteiger partial charge in [-0.2, -0.15) is 0 Å². The molecule has 5 heteroatoms. The minimum absolute atomic E-state index is 0.316. The molecule has 1 aromatic heterocycles. The van der Waals surface area contributed by atoms with E-state index < -0.39 is 5.97 Å². The van der Waals surface area contributed by atoms with E-state index in [9.17, 15) is 9.59 Å². The van der Waals surface area contributed by atoms with Gasteiger partial charge in [-0.05, 0) is 19.1 Å². The van der Waals surface area contributed by atoms with Gasteiger partial charge >= 0.3 is 5.97 Å². The normalized spacial score (nSPS) is 10.4. The fourth-order valence-electron chi connectivity index (χ4n) is 1.97. The average molecular weight is 258 g/mol. The first-order valence-electron chi connectivity index (χ1n) is 5.82. The number of nitrogens with zero attached hydrogens (tertiary/aromatic N) is 2. The molecule has 0 radical (unpaired) electrons. The Morgan fingerprint density at radius 1 is 1.32 bits per heavy atom. The molecule has 5 nitrogen and oxygen atoms in total. The van der Waals surface area contributed by atoms with Crippen molar-refractivity contribution in [3.05, 3.63) is 41.6 Å². The number of rotatable bonds is 3. The van der Waals surface area contributed by atoms with Crippen LogP contribution in [0, 0.1) is 6.92 Å². The lowest BCUT2D eigenvalue weighted by atomic mass is 10.1. The van der Waals surface area contributed by atoms with Gasteiger partial charge in [-0.1, -0.05) is 18.2 Å². The molecule has 0 bridgehead atoms. The Morgan fingerprint density at radius 2 is 2.00 bits per heavy atom. The Balaban J connectivity index is 2.49. The zero-order valence-corrected chi connectivity index (χ0v) is 10.8. The Hall–Kier alpha value is -2.43. The molecule has 0 atom stereocenters. The Kier molecular flexibility index (Phi) is 3.46. The molecule has 0 spiro atoms. The molecular formula is C14H14N2O3. The molecule has 1 heterocycles. The van der Waals surface area contributed by atoms with Crippen LogP contribution < -0.4 is 0 Å². The summed E-state index contributed by atoms with van der Waals surface area (Å²) in [7, 11) is 1.47. The van der Waals surface area contributed by atoms with Gasteiger partial charge < -0.3 is 10.0 Å². The highest BCUT2D eigenvalue weighted by molar-refractivity contribution is 6.06. The molecule has 2 rings (SSSR count). The summed E-state index contributed by atoms with van der Waals surface area (Å²) in [5.41, 5.74) is 1.94. The summed E-state index contributed by atoms with van der Waals surface area (Å²) >= 11 is 0. The van der Waals surface area contributed by atoms with E-state index >= 15 is 0 Å². The van der Waals surface area contributed by atoms with Crippen LogP contribution in [0.15, 0.2) is 30.3 Å². The van der Waals surface area contributed by atoms with E-state index in [1.165, 1.54) is 11.9 Å². The number of pyridine rings is 1. The lowest BCUT2D eigenvalue weighted by Crippen LogP contribution is -2.32. The highest BCUT2D eigenvalue weighted by Crippen LogP contribution is 2.19. The maximum absolute atomic E-state index is 12.3. The van der Waals surface area contributed by atoms with Crippen molar-refractivity contribution in [2.45, 2.75) is 6.92 Å². The maximum atomic E-state index is 12.3. The van der Waals surface area contributed by atoms with Gasteiger partial charge in [0.25, 0.3) is 5.91 Å². The predicted molar refractivity (Wildman–Crippen MR) is 71.1 cm³/mol. The molecule has 98 valence electrons. The van der Waals surface area contributed by atoms with Crippen molar-refractivity contribution < 1.29 is 14.7 Å². The standard InChI is InChI=1S/C14H14N2O3/c1-9-7-11(14(19)16(2)8-13(17)18)10-5-3-4-6-12(10)15-9/h3-7H,8H2,1-2H3,(H,17,18). The minimum Gasteiger partial charge on any atom is -0.480 e.